The van der Waals surface area contributed by atoms with Gasteiger partial charge in [-0.15, -0.1) is 0 Å². The van der Waals surface area contributed by atoms with Crippen molar-refractivity contribution < 1.29 is 27.5 Å². The van der Waals surface area contributed by atoms with Crippen molar-refractivity contribution in [3.8, 4) is 0 Å². The molecular weight excluding hydrogens is 516 g/mol. The molecule has 0 spiro atoms. The molecule has 2 bridgehead atoms. The largest absolute Gasteiger partial charge is 0.466 e. The van der Waals surface area contributed by atoms with Crippen LogP contribution in [0, 0.1) is 0 Å². The van der Waals surface area contributed by atoms with Gasteiger partial charge >= 0.3 is 11.9 Å². The van der Waals surface area contributed by atoms with Crippen molar-refractivity contribution >= 4 is 32.9 Å². The van der Waals surface area contributed by atoms with E-state index < -0.39 is 33.5 Å². The number of carbonyl (C=O) groups excluding carboxylic acids is 2. The van der Waals surface area contributed by atoms with Crippen LogP contribution in [0.2, 0.25) is 0 Å². The van der Waals surface area contributed by atoms with Gasteiger partial charge in [0, 0.05) is 17.5 Å². The standard InChI is InChI=1S/C30H26N2O6S/c1-30-24-21-16-10-11-17-22(21)32(39(35,36)20-14-8-5-9-15-20)27(24)26(31(30)18-19-12-6-4-7-13-19)23(28(33)37-2)25(30)29(34)38-3/h4-17,26H,18H2,1-3H3/t26-,30-/m1/s1. The minimum Gasteiger partial charge on any atom is -0.466 e. The number of fused-ring (bicyclic) bond motifs is 7. The Balaban J connectivity index is 1.72. The number of rotatable bonds is 6. The third-order valence-corrected chi connectivity index (χ3v) is 9.54. The molecule has 9 heteroatoms. The molecule has 0 N–H and O–H groups in total. The van der Waals surface area contributed by atoms with E-state index in [4.69, 9.17) is 9.47 Å². The molecule has 0 radical (unpaired) electrons. The van der Waals surface area contributed by atoms with Crippen molar-refractivity contribution in [3.05, 3.63) is 113 Å². The van der Waals surface area contributed by atoms with Gasteiger partial charge in [-0.25, -0.2) is 22.0 Å². The fraction of sp³-hybridized carbons (Fsp3) is 0.200. The van der Waals surface area contributed by atoms with Crippen LogP contribution in [0.25, 0.3) is 10.9 Å². The molecule has 6 rings (SSSR count). The van der Waals surface area contributed by atoms with Crippen LogP contribution in [0.1, 0.15) is 29.8 Å². The van der Waals surface area contributed by atoms with E-state index in [1.165, 1.54) is 18.2 Å². The molecule has 8 nitrogen and oxygen atoms in total. The van der Waals surface area contributed by atoms with E-state index in [2.05, 4.69) is 0 Å². The number of hydrogen-bond acceptors (Lipinski definition) is 7. The lowest BCUT2D eigenvalue weighted by atomic mass is 9.79. The Morgan fingerprint density at radius 2 is 1.44 bits per heavy atom. The molecule has 3 aromatic carbocycles. The van der Waals surface area contributed by atoms with Gasteiger partial charge in [0.25, 0.3) is 10.0 Å². The topological polar surface area (TPSA) is 94.9 Å². The fourth-order valence-electron chi connectivity index (χ4n) is 6.22. The zero-order chi connectivity index (χ0) is 27.5. The van der Waals surface area contributed by atoms with Crippen molar-refractivity contribution in [3.63, 3.8) is 0 Å². The molecule has 2 atom stereocenters. The van der Waals surface area contributed by atoms with E-state index in [1.54, 1.807) is 42.5 Å². The highest BCUT2D eigenvalue weighted by Gasteiger charge is 2.64. The first-order valence-electron chi connectivity index (χ1n) is 12.4. The number of aromatic nitrogens is 1. The van der Waals surface area contributed by atoms with Crippen LogP contribution >= 0.6 is 0 Å². The van der Waals surface area contributed by atoms with Gasteiger partial charge in [-0.3, -0.25) is 4.90 Å². The molecule has 2 aliphatic heterocycles. The number of para-hydroxylation sites is 1. The van der Waals surface area contributed by atoms with E-state index in [9.17, 15) is 18.0 Å². The number of benzene rings is 3. The van der Waals surface area contributed by atoms with Crippen molar-refractivity contribution in [2.24, 2.45) is 0 Å². The molecule has 4 aromatic rings. The summed E-state index contributed by atoms with van der Waals surface area (Å²) in [5.74, 6) is -1.37. The number of ether oxygens (including phenoxy) is 2. The Morgan fingerprint density at radius 1 is 0.846 bits per heavy atom. The zero-order valence-electron chi connectivity index (χ0n) is 21.6. The fourth-order valence-corrected chi connectivity index (χ4v) is 7.80. The molecular formula is C30H26N2O6S. The zero-order valence-corrected chi connectivity index (χ0v) is 22.4. The van der Waals surface area contributed by atoms with Crippen molar-refractivity contribution in [1.82, 2.24) is 8.87 Å². The predicted octanol–water partition coefficient (Wildman–Crippen LogP) is 4.31. The minimum absolute atomic E-state index is 0.0857. The van der Waals surface area contributed by atoms with Gasteiger partial charge in [-0.05, 0) is 30.7 Å². The molecule has 0 aliphatic carbocycles. The molecule has 0 fully saturated rings. The van der Waals surface area contributed by atoms with Crippen LogP contribution in [-0.4, -0.2) is 43.4 Å². The van der Waals surface area contributed by atoms with Crippen LogP contribution < -0.4 is 0 Å². The summed E-state index contributed by atoms with van der Waals surface area (Å²) in [6.07, 6.45) is 0. The van der Waals surface area contributed by atoms with Gasteiger partial charge in [0.2, 0.25) is 0 Å². The number of nitrogens with zero attached hydrogens (tertiary/aromatic N) is 2. The third-order valence-electron chi connectivity index (χ3n) is 7.80. The summed E-state index contributed by atoms with van der Waals surface area (Å²) in [6, 6.07) is 24.1. The molecule has 39 heavy (non-hydrogen) atoms. The highest BCUT2D eigenvalue weighted by atomic mass is 32.2. The Hall–Kier alpha value is -4.21. The SMILES string of the molecule is COC(=O)C1=C(C(=O)OC)[C@@]2(C)c3c(n(S(=O)(=O)c4ccccc4)c4ccccc34)[C@@H]1N2Cc1ccccc1. The first-order valence-corrected chi connectivity index (χ1v) is 13.9. The van der Waals surface area contributed by atoms with Crippen LogP contribution in [0.3, 0.4) is 0 Å². The van der Waals surface area contributed by atoms with Crippen molar-refractivity contribution in [2.75, 3.05) is 14.2 Å². The predicted molar refractivity (Wildman–Crippen MR) is 144 cm³/mol. The second-order valence-corrected chi connectivity index (χ2v) is 11.5. The summed E-state index contributed by atoms with van der Waals surface area (Å²) in [5, 5.41) is 0.681. The van der Waals surface area contributed by atoms with Crippen LogP contribution in [0.4, 0.5) is 0 Å². The van der Waals surface area contributed by atoms with E-state index in [0.717, 1.165) is 5.56 Å². The summed E-state index contributed by atoms with van der Waals surface area (Å²) < 4.78 is 40.2. The Morgan fingerprint density at radius 3 is 2.08 bits per heavy atom. The Bertz CT molecular complexity index is 1780. The van der Waals surface area contributed by atoms with Crippen LogP contribution in [-0.2, 0) is 41.2 Å². The van der Waals surface area contributed by atoms with Crippen LogP contribution in [0.5, 0.6) is 0 Å². The monoisotopic (exact) mass is 542 g/mol. The number of esters is 2. The van der Waals surface area contributed by atoms with Gasteiger partial charge in [-0.1, -0.05) is 66.7 Å². The van der Waals surface area contributed by atoms with Gasteiger partial charge in [0.05, 0.1) is 53.1 Å². The van der Waals surface area contributed by atoms with Gasteiger partial charge in [0.15, 0.2) is 0 Å². The molecule has 0 unspecified atom stereocenters. The second kappa shape index (κ2) is 8.93. The van der Waals surface area contributed by atoms with Crippen molar-refractivity contribution in [1.29, 1.82) is 0 Å². The maximum absolute atomic E-state index is 14.3. The lowest BCUT2D eigenvalue weighted by molar-refractivity contribution is -0.139. The van der Waals surface area contributed by atoms with E-state index in [-0.39, 0.29) is 16.0 Å². The molecule has 0 amide bonds. The van der Waals surface area contributed by atoms with E-state index in [0.29, 0.717) is 28.7 Å². The van der Waals surface area contributed by atoms with E-state index >= 15 is 0 Å². The van der Waals surface area contributed by atoms with Crippen LogP contribution in [0.15, 0.2) is 101 Å². The minimum atomic E-state index is -4.09. The normalized spacial score (nSPS) is 20.3. The lowest BCUT2D eigenvalue weighted by Crippen LogP contribution is -2.39. The molecule has 198 valence electrons. The smallest absolute Gasteiger partial charge is 0.336 e. The van der Waals surface area contributed by atoms with Gasteiger partial charge in [0.1, 0.15) is 0 Å². The van der Waals surface area contributed by atoms with Gasteiger partial charge in [-0.2, -0.15) is 0 Å². The number of carbonyl (C=O) groups is 2. The maximum Gasteiger partial charge on any atom is 0.336 e. The maximum atomic E-state index is 14.3. The third kappa shape index (κ3) is 3.36. The summed E-state index contributed by atoms with van der Waals surface area (Å²) in [7, 11) is -1.58. The van der Waals surface area contributed by atoms with E-state index in [1.807, 2.05) is 54.3 Å². The first kappa shape index (κ1) is 25.1. The quantitative estimate of drug-likeness (QED) is 0.335. The van der Waals surface area contributed by atoms with Gasteiger partial charge < -0.3 is 9.47 Å². The highest BCUT2D eigenvalue weighted by Crippen LogP contribution is 2.63. The molecule has 1 aromatic heterocycles. The molecule has 2 aliphatic rings. The summed E-state index contributed by atoms with van der Waals surface area (Å²) >= 11 is 0. The average molecular weight is 543 g/mol. The molecule has 0 saturated carbocycles. The first-order chi connectivity index (χ1) is 18.8. The summed E-state index contributed by atoms with van der Waals surface area (Å²) in [5.41, 5.74) is 1.56. The number of hydrogen-bond donors (Lipinski definition) is 0. The average Bonchev–Trinajstić information content (AvgIpc) is 3.53. The molecule has 0 saturated heterocycles. The summed E-state index contributed by atoms with van der Waals surface area (Å²) in [4.78, 5) is 28.8. The lowest BCUT2D eigenvalue weighted by Gasteiger charge is -2.34. The number of methoxy groups -OCH3 is 2. The Kier molecular flexibility index (Phi) is 5.74. The highest BCUT2D eigenvalue weighted by molar-refractivity contribution is 7.90. The summed E-state index contributed by atoms with van der Waals surface area (Å²) in [6.45, 7) is 2.19. The second-order valence-electron chi connectivity index (χ2n) is 9.72. The van der Waals surface area contributed by atoms with Crippen molar-refractivity contribution in [2.45, 2.75) is 29.9 Å². The molecule has 3 heterocycles. The Labute approximate surface area is 226 Å².